The zero-order chi connectivity index (χ0) is 14.7. The van der Waals surface area contributed by atoms with Gasteiger partial charge < -0.3 is 10.1 Å². The molecule has 2 heterocycles. The lowest BCUT2D eigenvalue weighted by atomic mass is 10.2. The van der Waals surface area contributed by atoms with E-state index < -0.39 is 0 Å². The summed E-state index contributed by atoms with van der Waals surface area (Å²) in [5.41, 5.74) is 2.87. The molecule has 0 saturated heterocycles. The first-order valence-electron chi connectivity index (χ1n) is 7.43. The van der Waals surface area contributed by atoms with Gasteiger partial charge in [0.1, 0.15) is 0 Å². The van der Waals surface area contributed by atoms with Crippen LogP contribution in [0.1, 0.15) is 36.8 Å². The van der Waals surface area contributed by atoms with E-state index in [2.05, 4.69) is 27.2 Å². The number of ether oxygens (including phenoxy) is 1. The predicted molar refractivity (Wildman–Crippen MR) is 80.3 cm³/mol. The van der Waals surface area contributed by atoms with Gasteiger partial charge in [-0.05, 0) is 38.3 Å². The van der Waals surface area contributed by atoms with Gasteiger partial charge in [0, 0.05) is 18.3 Å². The third kappa shape index (κ3) is 3.76. The summed E-state index contributed by atoms with van der Waals surface area (Å²) in [6.45, 7) is 4.81. The molecule has 1 aliphatic carbocycles. The maximum atomic E-state index is 5.79. The lowest BCUT2D eigenvalue weighted by Crippen LogP contribution is -2.16. The van der Waals surface area contributed by atoms with Gasteiger partial charge in [-0.3, -0.25) is 9.97 Å². The van der Waals surface area contributed by atoms with Crippen LogP contribution in [0.4, 0.5) is 0 Å². The standard InChI is InChI=1S/C16H20N4O/c1-3-14-15(7-4-11(2)20-14)21-16-10-18-13(9-19-16)8-17-12-5-6-12/h4,7,9-10,12,17H,3,5-6,8H2,1-2H3. The molecule has 2 aromatic heterocycles. The Labute approximate surface area is 124 Å². The molecular formula is C16H20N4O. The summed E-state index contributed by atoms with van der Waals surface area (Å²) in [6.07, 6.45) is 6.80. The maximum Gasteiger partial charge on any atom is 0.237 e. The minimum absolute atomic E-state index is 0.505. The predicted octanol–water partition coefficient (Wildman–Crippen LogP) is 2.79. The molecule has 1 aliphatic rings. The zero-order valence-corrected chi connectivity index (χ0v) is 12.5. The Kier molecular flexibility index (Phi) is 4.10. The smallest absolute Gasteiger partial charge is 0.237 e. The number of hydrogen-bond donors (Lipinski definition) is 1. The van der Waals surface area contributed by atoms with Crippen LogP contribution in [0.2, 0.25) is 0 Å². The highest BCUT2D eigenvalue weighted by Gasteiger charge is 2.20. The summed E-state index contributed by atoms with van der Waals surface area (Å²) in [6, 6.07) is 4.55. The van der Waals surface area contributed by atoms with Gasteiger partial charge in [-0.1, -0.05) is 6.92 Å². The van der Waals surface area contributed by atoms with Gasteiger partial charge >= 0.3 is 0 Å². The monoisotopic (exact) mass is 284 g/mol. The molecule has 0 spiro atoms. The molecule has 0 radical (unpaired) electrons. The van der Waals surface area contributed by atoms with Crippen LogP contribution in [-0.2, 0) is 13.0 Å². The number of nitrogens with zero attached hydrogens (tertiary/aromatic N) is 3. The minimum Gasteiger partial charge on any atom is -0.436 e. The van der Waals surface area contributed by atoms with Crippen molar-refractivity contribution in [3.63, 3.8) is 0 Å². The van der Waals surface area contributed by atoms with Crippen LogP contribution in [0.25, 0.3) is 0 Å². The van der Waals surface area contributed by atoms with Crippen molar-refractivity contribution in [2.45, 2.75) is 45.7 Å². The van der Waals surface area contributed by atoms with Gasteiger partial charge in [-0.2, -0.15) is 0 Å². The molecule has 2 aromatic rings. The molecule has 1 N–H and O–H groups in total. The highest BCUT2D eigenvalue weighted by Crippen LogP contribution is 2.23. The normalized spacial score (nSPS) is 14.2. The Hall–Kier alpha value is -2.01. The molecule has 1 fully saturated rings. The van der Waals surface area contributed by atoms with Crippen LogP contribution in [0.5, 0.6) is 11.6 Å². The third-order valence-corrected chi connectivity index (χ3v) is 3.45. The van der Waals surface area contributed by atoms with Gasteiger partial charge in [0.25, 0.3) is 0 Å². The van der Waals surface area contributed by atoms with Crippen molar-refractivity contribution in [2.75, 3.05) is 0 Å². The quantitative estimate of drug-likeness (QED) is 0.884. The van der Waals surface area contributed by atoms with E-state index in [1.54, 1.807) is 12.4 Å². The third-order valence-electron chi connectivity index (χ3n) is 3.45. The van der Waals surface area contributed by atoms with E-state index in [0.717, 1.165) is 35.8 Å². The molecule has 0 aromatic carbocycles. The second-order valence-corrected chi connectivity index (χ2v) is 5.35. The highest BCUT2D eigenvalue weighted by molar-refractivity contribution is 5.32. The second kappa shape index (κ2) is 6.18. The number of hydrogen-bond acceptors (Lipinski definition) is 5. The van der Waals surface area contributed by atoms with E-state index in [1.807, 2.05) is 19.1 Å². The van der Waals surface area contributed by atoms with Gasteiger partial charge in [0.2, 0.25) is 5.88 Å². The fourth-order valence-corrected chi connectivity index (χ4v) is 2.08. The summed E-state index contributed by atoms with van der Waals surface area (Å²) in [5.74, 6) is 1.26. The van der Waals surface area contributed by atoms with E-state index in [-0.39, 0.29) is 0 Å². The Bertz CT molecular complexity index is 608. The fourth-order valence-electron chi connectivity index (χ4n) is 2.08. The Morgan fingerprint density at radius 1 is 1.24 bits per heavy atom. The Balaban J connectivity index is 1.66. The van der Waals surface area contributed by atoms with Crippen LogP contribution in [0, 0.1) is 6.92 Å². The Morgan fingerprint density at radius 3 is 2.76 bits per heavy atom. The molecule has 0 unspecified atom stereocenters. The van der Waals surface area contributed by atoms with Crippen LogP contribution in [0.3, 0.4) is 0 Å². The summed E-state index contributed by atoms with van der Waals surface area (Å²) in [5, 5.41) is 3.41. The molecule has 0 bridgehead atoms. The van der Waals surface area contributed by atoms with Crippen molar-refractivity contribution < 1.29 is 4.74 Å². The van der Waals surface area contributed by atoms with Crippen molar-refractivity contribution in [2.24, 2.45) is 0 Å². The molecule has 21 heavy (non-hydrogen) atoms. The molecule has 110 valence electrons. The van der Waals surface area contributed by atoms with Crippen molar-refractivity contribution in [1.29, 1.82) is 0 Å². The lowest BCUT2D eigenvalue weighted by Gasteiger charge is -2.09. The summed E-state index contributed by atoms with van der Waals surface area (Å²) in [7, 11) is 0. The first-order chi connectivity index (χ1) is 10.2. The Morgan fingerprint density at radius 2 is 2.10 bits per heavy atom. The molecule has 0 atom stereocenters. The van der Waals surface area contributed by atoms with E-state index in [1.165, 1.54) is 12.8 Å². The second-order valence-electron chi connectivity index (χ2n) is 5.35. The van der Waals surface area contributed by atoms with Crippen LogP contribution in [-0.4, -0.2) is 21.0 Å². The number of pyridine rings is 1. The average molecular weight is 284 g/mol. The molecule has 5 nitrogen and oxygen atoms in total. The van der Waals surface area contributed by atoms with E-state index in [0.29, 0.717) is 11.9 Å². The maximum absolute atomic E-state index is 5.79. The number of rotatable bonds is 6. The van der Waals surface area contributed by atoms with Gasteiger partial charge in [0.05, 0.1) is 23.8 Å². The largest absolute Gasteiger partial charge is 0.436 e. The first kappa shape index (κ1) is 13.9. The number of aryl methyl sites for hydroxylation is 2. The van der Waals surface area contributed by atoms with Gasteiger partial charge in [0.15, 0.2) is 5.75 Å². The average Bonchev–Trinajstić information content (AvgIpc) is 3.32. The SMILES string of the molecule is CCc1nc(C)ccc1Oc1cnc(CNC2CC2)cn1. The van der Waals surface area contributed by atoms with Crippen molar-refractivity contribution in [1.82, 2.24) is 20.3 Å². The molecule has 1 saturated carbocycles. The molecular weight excluding hydrogens is 264 g/mol. The van der Waals surface area contributed by atoms with Crippen molar-refractivity contribution in [3.8, 4) is 11.6 Å². The van der Waals surface area contributed by atoms with E-state index >= 15 is 0 Å². The van der Waals surface area contributed by atoms with E-state index in [9.17, 15) is 0 Å². The van der Waals surface area contributed by atoms with Gasteiger partial charge in [-0.15, -0.1) is 0 Å². The number of nitrogens with one attached hydrogen (secondary N) is 1. The van der Waals surface area contributed by atoms with Crippen LogP contribution in [0.15, 0.2) is 24.5 Å². The summed E-state index contributed by atoms with van der Waals surface area (Å²) in [4.78, 5) is 13.2. The van der Waals surface area contributed by atoms with Crippen molar-refractivity contribution in [3.05, 3.63) is 41.6 Å². The van der Waals surface area contributed by atoms with E-state index in [4.69, 9.17) is 4.74 Å². The van der Waals surface area contributed by atoms with Crippen molar-refractivity contribution >= 4 is 0 Å². The molecule has 0 aliphatic heterocycles. The highest BCUT2D eigenvalue weighted by atomic mass is 16.5. The molecule has 5 heteroatoms. The molecule has 3 rings (SSSR count). The number of aromatic nitrogens is 3. The fraction of sp³-hybridized carbons (Fsp3) is 0.438. The van der Waals surface area contributed by atoms with Gasteiger partial charge in [-0.25, -0.2) is 4.98 Å². The topological polar surface area (TPSA) is 59.9 Å². The summed E-state index contributed by atoms with van der Waals surface area (Å²) >= 11 is 0. The minimum atomic E-state index is 0.505. The molecule has 0 amide bonds. The summed E-state index contributed by atoms with van der Waals surface area (Å²) < 4.78 is 5.79. The zero-order valence-electron chi connectivity index (χ0n) is 12.5. The lowest BCUT2D eigenvalue weighted by molar-refractivity contribution is 0.450. The van der Waals surface area contributed by atoms with Crippen LogP contribution >= 0.6 is 0 Å². The first-order valence-corrected chi connectivity index (χ1v) is 7.43. The van der Waals surface area contributed by atoms with Crippen LogP contribution < -0.4 is 10.1 Å².